The third-order valence-corrected chi connectivity index (χ3v) is 3.38. The molecule has 3 aromatic rings. The van der Waals surface area contributed by atoms with E-state index >= 15 is 0 Å². The van der Waals surface area contributed by atoms with Crippen LogP contribution in [0.1, 0.15) is 5.56 Å². The Balaban J connectivity index is 1.67. The highest BCUT2D eigenvalue weighted by molar-refractivity contribution is 5.65. The van der Waals surface area contributed by atoms with Crippen molar-refractivity contribution in [3.63, 3.8) is 0 Å². The van der Waals surface area contributed by atoms with Gasteiger partial charge in [-0.2, -0.15) is 0 Å². The quantitative estimate of drug-likeness (QED) is 0.741. The lowest BCUT2D eigenvalue weighted by Crippen LogP contribution is -1.98. The molecule has 3 rings (SSSR count). The first-order valence-corrected chi connectivity index (χ1v) is 6.81. The third-order valence-electron chi connectivity index (χ3n) is 3.38. The van der Waals surface area contributed by atoms with E-state index in [1.54, 1.807) is 0 Å². The molecule has 1 heterocycles. The van der Waals surface area contributed by atoms with E-state index in [9.17, 15) is 0 Å². The molecule has 0 amide bonds. The van der Waals surface area contributed by atoms with E-state index in [1.807, 2.05) is 13.1 Å². The van der Waals surface area contributed by atoms with Crippen LogP contribution < -0.4 is 5.32 Å². The standard InChI is InChI=1S/C18H18N2/c1-20-12-11-15(14-20)13-19-18-9-7-17(8-10-18)16-5-3-2-4-6-16/h2-12,14,19H,13H2,1H3. The monoisotopic (exact) mass is 262 g/mol. The molecule has 0 saturated heterocycles. The lowest BCUT2D eigenvalue weighted by molar-refractivity contribution is 0.920. The molecule has 0 fully saturated rings. The van der Waals surface area contributed by atoms with E-state index in [1.165, 1.54) is 16.7 Å². The Morgan fingerprint density at radius 2 is 1.55 bits per heavy atom. The Morgan fingerprint density at radius 1 is 0.850 bits per heavy atom. The first-order chi connectivity index (χ1) is 9.81. The van der Waals surface area contributed by atoms with E-state index in [0.717, 1.165) is 12.2 Å². The van der Waals surface area contributed by atoms with Gasteiger partial charge in [0.05, 0.1) is 0 Å². The van der Waals surface area contributed by atoms with Crippen LogP contribution in [0.5, 0.6) is 0 Å². The molecule has 0 atom stereocenters. The van der Waals surface area contributed by atoms with E-state index in [2.05, 4.69) is 76.9 Å². The van der Waals surface area contributed by atoms with Gasteiger partial charge in [-0.15, -0.1) is 0 Å². The fraction of sp³-hybridized carbons (Fsp3) is 0.111. The number of nitrogens with one attached hydrogen (secondary N) is 1. The predicted octanol–water partition coefficient (Wildman–Crippen LogP) is 4.30. The Bertz CT molecular complexity index is 666. The molecule has 2 nitrogen and oxygen atoms in total. The van der Waals surface area contributed by atoms with Crippen molar-refractivity contribution in [3.8, 4) is 11.1 Å². The summed E-state index contributed by atoms with van der Waals surface area (Å²) in [5, 5.41) is 3.44. The van der Waals surface area contributed by atoms with Crippen molar-refractivity contribution in [3.05, 3.63) is 78.6 Å². The molecule has 0 aliphatic heterocycles. The van der Waals surface area contributed by atoms with Crippen molar-refractivity contribution in [1.29, 1.82) is 0 Å². The number of aromatic nitrogens is 1. The van der Waals surface area contributed by atoms with Gasteiger partial charge in [0.25, 0.3) is 0 Å². The highest BCUT2D eigenvalue weighted by Gasteiger charge is 1.98. The summed E-state index contributed by atoms with van der Waals surface area (Å²) in [5.74, 6) is 0. The number of aryl methyl sites for hydroxylation is 1. The minimum atomic E-state index is 0.853. The summed E-state index contributed by atoms with van der Waals surface area (Å²) < 4.78 is 2.06. The second kappa shape index (κ2) is 5.66. The predicted molar refractivity (Wildman–Crippen MR) is 84.6 cm³/mol. The molecule has 1 N–H and O–H groups in total. The summed E-state index contributed by atoms with van der Waals surface area (Å²) in [6.45, 7) is 0.853. The van der Waals surface area contributed by atoms with E-state index in [0.29, 0.717) is 0 Å². The van der Waals surface area contributed by atoms with Crippen molar-refractivity contribution in [2.45, 2.75) is 6.54 Å². The maximum absolute atomic E-state index is 3.44. The largest absolute Gasteiger partial charge is 0.381 e. The summed E-state index contributed by atoms with van der Waals surface area (Å²) in [5.41, 5.74) is 4.94. The van der Waals surface area contributed by atoms with Crippen LogP contribution >= 0.6 is 0 Å². The average Bonchev–Trinajstić information content (AvgIpc) is 2.92. The second-order valence-corrected chi connectivity index (χ2v) is 4.98. The molecule has 0 bridgehead atoms. The van der Waals surface area contributed by atoms with Crippen LogP contribution in [0.25, 0.3) is 11.1 Å². The molecular formula is C18H18N2. The van der Waals surface area contributed by atoms with E-state index in [4.69, 9.17) is 0 Å². The fourth-order valence-electron chi connectivity index (χ4n) is 2.28. The van der Waals surface area contributed by atoms with Gasteiger partial charge >= 0.3 is 0 Å². The van der Waals surface area contributed by atoms with Crippen LogP contribution in [0.2, 0.25) is 0 Å². The van der Waals surface area contributed by atoms with Crippen LogP contribution in [0.15, 0.2) is 73.1 Å². The zero-order valence-corrected chi connectivity index (χ0v) is 11.6. The SMILES string of the molecule is Cn1ccc(CNc2ccc(-c3ccccc3)cc2)c1. The zero-order valence-electron chi connectivity index (χ0n) is 11.6. The minimum absolute atomic E-state index is 0.853. The van der Waals surface area contributed by atoms with Crippen LogP contribution in [0, 0.1) is 0 Å². The molecule has 0 saturated carbocycles. The number of hydrogen-bond acceptors (Lipinski definition) is 1. The third kappa shape index (κ3) is 2.91. The normalized spacial score (nSPS) is 10.4. The van der Waals surface area contributed by atoms with Gasteiger partial charge in [-0.05, 0) is 34.9 Å². The van der Waals surface area contributed by atoms with Gasteiger partial charge in [0, 0.05) is 31.7 Å². The van der Waals surface area contributed by atoms with Crippen LogP contribution in [-0.2, 0) is 13.6 Å². The Kier molecular flexibility index (Phi) is 3.55. The number of rotatable bonds is 4. The number of hydrogen-bond donors (Lipinski definition) is 1. The molecule has 1 aromatic heterocycles. The van der Waals surface area contributed by atoms with Crippen molar-refractivity contribution < 1.29 is 0 Å². The van der Waals surface area contributed by atoms with E-state index < -0.39 is 0 Å². The van der Waals surface area contributed by atoms with Crippen LogP contribution in [0.4, 0.5) is 5.69 Å². The highest BCUT2D eigenvalue weighted by atomic mass is 14.9. The number of benzene rings is 2. The molecule has 0 unspecified atom stereocenters. The topological polar surface area (TPSA) is 17.0 Å². The minimum Gasteiger partial charge on any atom is -0.381 e. The molecule has 0 aliphatic rings. The first kappa shape index (κ1) is 12.5. The molecule has 0 aliphatic carbocycles. The molecule has 0 spiro atoms. The maximum atomic E-state index is 3.44. The van der Waals surface area contributed by atoms with Gasteiger partial charge < -0.3 is 9.88 Å². The van der Waals surface area contributed by atoms with Gasteiger partial charge in [0.1, 0.15) is 0 Å². The van der Waals surface area contributed by atoms with Crippen LogP contribution in [-0.4, -0.2) is 4.57 Å². The van der Waals surface area contributed by atoms with Crippen LogP contribution in [0.3, 0.4) is 0 Å². The lowest BCUT2D eigenvalue weighted by Gasteiger charge is -2.07. The molecular weight excluding hydrogens is 244 g/mol. The van der Waals surface area contributed by atoms with Gasteiger partial charge in [-0.1, -0.05) is 42.5 Å². The molecule has 20 heavy (non-hydrogen) atoms. The Labute approximate surface area is 119 Å². The van der Waals surface area contributed by atoms with Gasteiger partial charge in [0.2, 0.25) is 0 Å². The van der Waals surface area contributed by atoms with Crippen molar-refractivity contribution in [1.82, 2.24) is 4.57 Å². The fourth-order valence-corrected chi connectivity index (χ4v) is 2.28. The molecule has 2 heteroatoms. The molecule has 0 radical (unpaired) electrons. The summed E-state index contributed by atoms with van der Waals surface area (Å²) >= 11 is 0. The summed E-state index contributed by atoms with van der Waals surface area (Å²) in [7, 11) is 2.04. The molecule has 100 valence electrons. The smallest absolute Gasteiger partial charge is 0.0415 e. The number of nitrogens with zero attached hydrogens (tertiary/aromatic N) is 1. The highest BCUT2D eigenvalue weighted by Crippen LogP contribution is 2.21. The molecule has 2 aromatic carbocycles. The maximum Gasteiger partial charge on any atom is 0.0415 e. The lowest BCUT2D eigenvalue weighted by atomic mass is 10.1. The Hall–Kier alpha value is -2.48. The zero-order chi connectivity index (χ0) is 13.8. The second-order valence-electron chi connectivity index (χ2n) is 4.98. The first-order valence-electron chi connectivity index (χ1n) is 6.81. The van der Waals surface area contributed by atoms with E-state index in [-0.39, 0.29) is 0 Å². The summed E-state index contributed by atoms with van der Waals surface area (Å²) in [6, 6.07) is 21.1. The summed E-state index contributed by atoms with van der Waals surface area (Å²) in [6.07, 6.45) is 4.20. The summed E-state index contributed by atoms with van der Waals surface area (Å²) in [4.78, 5) is 0. The number of anilines is 1. The van der Waals surface area contributed by atoms with Gasteiger partial charge in [-0.25, -0.2) is 0 Å². The van der Waals surface area contributed by atoms with Crippen molar-refractivity contribution in [2.24, 2.45) is 7.05 Å². The average molecular weight is 262 g/mol. The van der Waals surface area contributed by atoms with Gasteiger partial charge in [0.15, 0.2) is 0 Å². The van der Waals surface area contributed by atoms with Crippen molar-refractivity contribution in [2.75, 3.05) is 5.32 Å². The van der Waals surface area contributed by atoms with Gasteiger partial charge in [-0.3, -0.25) is 0 Å². The van der Waals surface area contributed by atoms with Crippen molar-refractivity contribution >= 4 is 5.69 Å². The Morgan fingerprint density at radius 3 is 2.20 bits per heavy atom.